The standard InChI is InChI=1S/C29H31N3O9/c1-29(2,3)41-26(35)24-21(23(34)25(40-24)32-13-12-22(33)30-27(32)36)15-39-31-28(37)38-14-20-18-10-6-4-8-16(18)17-9-5-7-11-19(17)20/h4-13,20-21,23-25,34H,14-15H2,1-3H3,(H,31,37)(H,30,33,36)/t21-,23+,24-,25+/m0/s1. The number of aliphatic hydroxyl groups is 1. The smallest absolute Gasteiger partial charge is 0.431 e. The molecule has 3 N–H and O–H groups in total. The number of rotatable bonds is 7. The molecule has 4 atom stereocenters. The molecule has 12 nitrogen and oxygen atoms in total. The van der Waals surface area contributed by atoms with Crippen molar-refractivity contribution in [2.24, 2.45) is 5.92 Å². The predicted molar refractivity (Wildman–Crippen MR) is 145 cm³/mol. The van der Waals surface area contributed by atoms with Gasteiger partial charge in [0.25, 0.3) is 5.56 Å². The van der Waals surface area contributed by atoms with E-state index in [1.54, 1.807) is 20.8 Å². The van der Waals surface area contributed by atoms with Crippen molar-refractivity contribution in [3.8, 4) is 11.1 Å². The molecule has 216 valence electrons. The van der Waals surface area contributed by atoms with Crippen LogP contribution in [0.1, 0.15) is 44.0 Å². The van der Waals surface area contributed by atoms with Crippen molar-refractivity contribution in [2.75, 3.05) is 13.2 Å². The lowest BCUT2D eigenvalue weighted by Crippen LogP contribution is -2.40. The number of ether oxygens (including phenoxy) is 3. The summed E-state index contributed by atoms with van der Waals surface area (Å²) in [6.07, 6.45) is -3.79. The summed E-state index contributed by atoms with van der Waals surface area (Å²) in [7, 11) is 0. The maximum atomic E-state index is 12.9. The molecule has 1 fully saturated rings. The number of nitrogens with zero attached hydrogens (tertiary/aromatic N) is 1. The second-order valence-electron chi connectivity index (χ2n) is 10.9. The number of aliphatic hydroxyl groups excluding tert-OH is 1. The molecular weight excluding hydrogens is 534 g/mol. The lowest BCUT2D eigenvalue weighted by molar-refractivity contribution is -0.172. The monoisotopic (exact) mass is 565 g/mol. The van der Waals surface area contributed by atoms with E-state index in [1.807, 2.05) is 48.5 Å². The van der Waals surface area contributed by atoms with Gasteiger partial charge in [0.05, 0.1) is 12.5 Å². The molecule has 1 amide bonds. The molecule has 3 aromatic rings. The second-order valence-corrected chi connectivity index (χ2v) is 10.9. The van der Waals surface area contributed by atoms with Gasteiger partial charge < -0.3 is 19.3 Å². The average molecular weight is 566 g/mol. The molecule has 0 unspecified atom stereocenters. The number of carbonyl (C=O) groups excluding carboxylic acids is 2. The predicted octanol–water partition coefficient (Wildman–Crippen LogP) is 2.22. The van der Waals surface area contributed by atoms with E-state index >= 15 is 0 Å². The van der Waals surface area contributed by atoms with Crippen LogP contribution in [0.15, 0.2) is 70.4 Å². The van der Waals surface area contributed by atoms with Gasteiger partial charge in [-0.2, -0.15) is 5.48 Å². The Kier molecular flexibility index (Phi) is 7.80. The molecule has 1 aliphatic carbocycles. The Balaban J connectivity index is 1.23. The minimum atomic E-state index is -1.43. The van der Waals surface area contributed by atoms with Gasteiger partial charge in [-0.25, -0.2) is 14.4 Å². The van der Waals surface area contributed by atoms with Crippen LogP contribution < -0.4 is 16.7 Å². The van der Waals surface area contributed by atoms with Gasteiger partial charge in [0.2, 0.25) is 0 Å². The lowest BCUT2D eigenvalue weighted by Gasteiger charge is -2.24. The molecule has 1 aromatic heterocycles. The Morgan fingerprint density at radius 3 is 2.24 bits per heavy atom. The third kappa shape index (κ3) is 5.94. The van der Waals surface area contributed by atoms with E-state index in [4.69, 9.17) is 19.0 Å². The molecule has 2 aromatic carbocycles. The second kappa shape index (κ2) is 11.3. The van der Waals surface area contributed by atoms with E-state index in [-0.39, 0.29) is 19.1 Å². The van der Waals surface area contributed by atoms with Gasteiger partial charge in [-0.1, -0.05) is 48.5 Å². The van der Waals surface area contributed by atoms with Crippen molar-refractivity contribution < 1.29 is 33.7 Å². The van der Waals surface area contributed by atoms with Gasteiger partial charge in [0, 0.05) is 18.2 Å². The molecule has 2 aliphatic rings. The van der Waals surface area contributed by atoms with Crippen LogP contribution in [0, 0.1) is 5.92 Å². The van der Waals surface area contributed by atoms with E-state index in [0.717, 1.165) is 39.1 Å². The molecule has 1 aliphatic heterocycles. The molecule has 5 rings (SSSR count). The Morgan fingerprint density at radius 1 is 1.00 bits per heavy atom. The number of aromatic nitrogens is 2. The Morgan fingerprint density at radius 2 is 1.63 bits per heavy atom. The number of aromatic amines is 1. The molecule has 12 heteroatoms. The number of esters is 1. The van der Waals surface area contributed by atoms with Crippen LogP contribution in [0.4, 0.5) is 4.79 Å². The van der Waals surface area contributed by atoms with E-state index in [9.17, 15) is 24.3 Å². The maximum absolute atomic E-state index is 12.9. The highest BCUT2D eigenvalue weighted by Crippen LogP contribution is 2.44. The quantitative estimate of drug-likeness (QED) is 0.289. The first-order valence-electron chi connectivity index (χ1n) is 13.1. The normalized spacial score (nSPS) is 21.7. The van der Waals surface area contributed by atoms with Gasteiger partial charge in [-0.3, -0.25) is 19.2 Å². The van der Waals surface area contributed by atoms with Gasteiger partial charge >= 0.3 is 17.8 Å². The number of fused-ring (bicyclic) bond motifs is 3. The summed E-state index contributed by atoms with van der Waals surface area (Å²) in [6.45, 7) is 4.71. The summed E-state index contributed by atoms with van der Waals surface area (Å²) >= 11 is 0. The van der Waals surface area contributed by atoms with Crippen LogP contribution in [0.5, 0.6) is 0 Å². The first kappa shape index (κ1) is 28.3. The average Bonchev–Trinajstić information content (AvgIpc) is 3.41. The summed E-state index contributed by atoms with van der Waals surface area (Å²) in [6, 6.07) is 16.9. The first-order chi connectivity index (χ1) is 19.5. The molecule has 0 bridgehead atoms. The minimum absolute atomic E-state index is 0.0656. The van der Waals surface area contributed by atoms with Gasteiger partial charge in [0.15, 0.2) is 12.3 Å². The van der Waals surface area contributed by atoms with Crippen molar-refractivity contribution in [3.05, 3.63) is 92.8 Å². The fraction of sp³-hybridized carbons (Fsp3) is 0.379. The van der Waals surface area contributed by atoms with Crippen molar-refractivity contribution in [3.63, 3.8) is 0 Å². The van der Waals surface area contributed by atoms with Crippen molar-refractivity contribution in [1.29, 1.82) is 0 Å². The zero-order valence-corrected chi connectivity index (χ0v) is 22.7. The number of hydroxylamine groups is 1. The molecule has 0 saturated carbocycles. The zero-order valence-electron chi connectivity index (χ0n) is 22.7. The number of carbonyl (C=O) groups is 2. The van der Waals surface area contributed by atoms with Crippen LogP contribution in [0.2, 0.25) is 0 Å². The number of amides is 1. The largest absolute Gasteiger partial charge is 0.458 e. The number of nitrogens with one attached hydrogen (secondary N) is 2. The van der Waals surface area contributed by atoms with E-state index < -0.39 is 53.3 Å². The minimum Gasteiger partial charge on any atom is -0.458 e. The summed E-state index contributed by atoms with van der Waals surface area (Å²) in [4.78, 5) is 56.6. The topological polar surface area (TPSA) is 158 Å². The fourth-order valence-corrected chi connectivity index (χ4v) is 5.18. The number of benzene rings is 2. The van der Waals surface area contributed by atoms with Crippen LogP contribution in [-0.2, 0) is 23.8 Å². The van der Waals surface area contributed by atoms with E-state index in [0.29, 0.717) is 0 Å². The van der Waals surface area contributed by atoms with Crippen molar-refractivity contribution in [2.45, 2.75) is 50.7 Å². The summed E-state index contributed by atoms with van der Waals surface area (Å²) in [5.74, 6) is -1.97. The maximum Gasteiger partial charge on any atom is 0.431 e. The van der Waals surface area contributed by atoms with Crippen LogP contribution >= 0.6 is 0 Å². The molecule has 0 radical (unpaired) electrons. The third-order valence-corrected chi connectivity index (χ3v) is 6.95. The highest BCUT2D eigenvalue weighted by Gasteiger charge is 2.50. The number of hydrogen-bond acceptors (Lipinski definition) is 9. The van der Waals surface area contributed by atoms with Gasteiger partial charge in [0.1, 0.15) is 18.3 Å². The van der Waals surface area contributed by atoms with Crippen LogP contribution in [-0.4, -0.2) is 57.7 Å². The van der Waals surface area contributed by atoms with Gasteiger partial charge in [-0.05, 0) is 43.0 Å². The van der Waals surface area contributed by atoms with E-state index in [2.05, 4.69) is 10.5 Å². The van der Waals surface area contributed by atoms with Crippen molar-refractivity contribution in [1.82, 2.24) is 15.0 Å². The van der Waals surface area contributed by atoms with Gasteiger partial charge in [-0.15, -0.1) is 0 Å². The molecule has 2 heterocycles. The summed E-state index contributed by atoms with van der Waals surface area (Å²) in [5, 5.41) is 11.0. The Bertz CT molecular complexity index is 1510. The van der Waals surface area contributed by atoms with E-state index in [1.165, 1.54) is 0 Å². The molecular formula is C29H31N3O9. The molecule has 0 spiro atoms. The Labute approximate surface area is 234 Å². The summed E-state index contributed by atoms with van der Waals surface area (Å²) in [5.41, 5.74) is 4.16. The lowest BCUT2D eigenvalue weighted by atomic mass is 9.98. The number of hydrogen-bond donors (Lipinski definition) is 3. The van der Waals surface area contributed by atoms with Crippen LogP contribution in [0.25, 0.3) is 11.1 Å². The molecule has 1 saturated heterocycles. The third-order valence-electron chi connectivity index (χ3n) is 6.95. The number of H-pyrrole nitrogens is 1. The zero-order chi connectivity index (χ0) is 29.3. The SMILES string of the molecule is CC(C)(C)OC(=O)[C@H]1O[C@@H](n2ccc(=O)[nH]c2=O)[C@H](O)[C@@H]1CONC(=O)OCC1c2ccccc2-c2ccccc21. The summed E-state index contributed by atoms with van der Waals surface area (Å²) < 4.78 is 17.6. The molecule has 41 heavy (non-hydrogen) atoms. The fourth-order valence-electron chi connectivity index (χ4n) is 5.18. The highest BCUT2D eigenvalue weighted by atomic mass is 16.7. The Hall–Kier alpha value is -4.26. The first-order valence-corrected chi connectivity index (χ1v) is 13.1. The van der Waals surface area contributed by atoms with Crippen LogP contribution in [0.3, 0.4) is 0 Å². The highest BCUT2D eigenvalue weighted by molar-refractivity contribution is 5.79. The van der Waals surface area contributed by atoms with Crippen molar-refractivity contribution >= 4 is 12.1 Å².